The van der Waals surface area contributed by atoms with E-state index in [4.69, 9.17) is 5.53 Å². The number of benzene rings is 1. The average molecular weight is 288 g/mol. The summed E-state index contributed by atoms with van der Waals surface area (Å²) in [6.45, 7) is 4.84. The number of carbonyl (C=O) groups is 1. The van der Waals surface area contributed by atoms with E-state index in [1.54, 1.807) is 0 Å². The van der Waals surface area contributed by atoms with E-state index in [2.05, 4.69) is 29.2 Å². The van der Waals surface area contributed by atoms with Gasteiger partial charge in [0.05, 0.1) is 0 Å². The van der Waals surface area contributed by atoms with Crippen LogP contribution in [0.1, 0.15) is 37.8 Å². The van der Waals surface area contributed by atoms with Crippen molar-refractivity contribution in [3.05, 3.63) is 45.8 Å². The minimum absolute atomic E-state index is 0.0397. The van der Waals surface area contributed by atoms with Crippen molar-refractivity contribution in [3.63, 3.8) is 0 Å². The molecule has 1 aliphatic carbocycles. The molecule has 112 valence electrons. The molecule has 6 heteroatoms. The first kappa shape index (κ1) is 15.4. The highest BCUT2D eigenvalue weighted by molar-refractivity contribution is 5.82. The first-order valence-corrected chi connectivity index (χ1v) is 7.03. The Morgan fingerprint density at radius 1 is 1.38 bits per heavy atom. The predicted molar refractivity (Wildman–Crippen MR) is 80.0 cm³/mol. The van der Waals surface area contributed by atoms with Gasteiger partial charge in [-0.25, -0.2) is 4.79 Å². The third-order valence-electron chi connectivity index (χ3n) is 4.31. The van der Waals surface area contributed by atoms with Crippen LogP contribution in [0.15, 0.2) is 29.4 Å². The van der Waals surface area contributed by atoms with Gasteiger partial charge in [0.15, 0.2) is 0 Å². The molecule has 0 aliphatic heterocycles. The fourth-order valence-corrected chi connectivity index (χ4v) is 3.06. The smallest absolute Gasteiger partial charge is 0.328 e. The van der Waals surface area contributed by atoms with Crippen LogP contribution in [-0.4, -0.2) is 24.2 Å². The molecule has 1 aliphatic rings. The second-order valence-corrected chi connectivity index (χ2v) is 6.02. The minimum atomic E-state index is -1.10. The molecular formula is C15H20N4O2. The molecule has 0 fully saturated rings. The van der Waals surface area contributed by atoms with Crippen LogP contribution in [0.3, 0.4) is 0 Å². The lowest BCUT2D eigenvalue weighted by molar-refractivity contribution is -0.146. The molecule has 2 rings (SSSR count). The van der Waals surface area contributed by atoms with Crippen molar-refractivity contribution in [2.75, 3.05) is 13.1 Å². The second-order valence-electron chi connectivity index (χ2n) is 6.02. The van der Waals surface area contributed by atoms with Gasteiger partial charge in [-0.2, -0.15) is 0 Å². The topological polar surface area (TPSA) is 98.1 Å². The molecule has 2 N–H and O–H groups in total. The van der Waals surface area contributed by atoms with E-state index in [1.807, 2.05) is 24.3 Å². The molecule has 0 saturated carbocycles. The molecule has 0 heterocycles. The van der Waals surface area contributed by atoms with Gasteiger partial charge in [-0.15, -0.1) is 0 Å². The van der Waals surface area contributed by atoms with Crippen LogP contribution < -0.4 is 5.32 Å². The van der Waals surface area contributed by atoms with Gasteiger partial charge < -0.3 is 5.11 Å². The van der Waals surface area contributed by atoms with E-state index in [-0.39, 0.29) is 12.0 Å². The summed E-state index contributed by atoms with van der Waals surface area (Å²) >= 11 is 0. The molecule has 6 nitrogen and oxygen atoms in total. The number of hydrogen-bond acceptors (Lipinski definition) is 3. The Labute approximate surface area is 123 Å². The Morgan fingerprint density at radius 2 is 2.05 bits per heavy atom. The third-order valence-corrected chi connectivity index (χ3v) is 4.31. The standard InChI is InChI=1S/C15H20N4O2/c1-14(2)7-8-15(13(20)21,17-9-10-18-19-16)12-6-4-3-5-11(12)14/h3-6,17H,7-10H2,1-2H3,(H,20,21). The maximum Gasteiger partial charge on any atom is 0.328 e. The number of hydrogen-bond donors (Lipinski definition) is 2. The van der Waals surface area contributed by atoms with E-state index in [9.17, 15) is 9.90 Å². The largest absolute Gasteiger partial charge is 0.480 e. The summed E-state index contributed by atoms with van der Waals surface area (Å²) in [5.41, 5.74) is 9.06. The highest BCUT2D eigenvalue weighted by Crippen LogP contribution is 2.44. The van der Waals surface area contributed by atoms with Gasteiger partial charge in [0.2, 0.25) is 0 Å². The zero-order valence-corrected chi connectivity index (χ0v) is 12.3. The first-order chi connectivity index (χ1) is 9.94. The molecule has 0 bridgehead atoms. The Kier molecular flexibility index (Phi) is 4.21. The number of nitrogens with zero attached hydrogens (tertiary/aromatic N) is 3. The molecule has 21 heavy (non-hydrogen) atoms. The van der Waals surface area contributed by atoms with Gasteiger partial charge in [-0.3, -0.25) is 5.32 Å². The van der Waals surface area contributed by atoms with E-state index in [1.165, 1.54) is 0 Å². The molecule has 1 aromatic carbocycles. The lowest BCUT2D eigenvalue weighted by Crippen LogP contribution is -2.54. The Balaban J connectivity index is 2.42. The maximum atomic E-state index is 11.9. The average Bonchev–Trinajstić information content (AvgIpc) is 2.46. The van der Waals surface area contributed by atoms with E-state index >= 15 is 0 Å². The van der Waals surface area contributed by atoms with Crippen LogP contribution >= 0.6 is 0 Å². The summed E-state index contributed by atoms with van der Waals surface area (Å²) in [5.74, 6) is -0.883. The minimum Gasteiger partial charge on any atom is -0.480 e. The molecular weight excluding hydrogens is 268 g/mol. The van der Waals surface area contributed by atoms with Crippen molar-refractivity contribution in [2.45, 2.75) is 37.6 Å². The van der Waals surface area contributed by atoms with Gasteiger partial charge in [0.1, 0.15) is 5.54 Å². The van der Waals surface area contributed by atoms with E-state index in [0.717, 1.165) is 17.5 Å². The summed E-state index contributed by atoms with van der Waals surface area (Å²) < 4.78 is 0. The van der Waals surface area contributed by atoms with Crippen molar-refractivity contribution >= 4 is 5.97 Å². The van der Waals surface area contributed by atoms with Crippen LogP contribution in [-0.2, 0) is 15.7 Å². The van der Waals surface area contributed by atoms with Gasteiger partial charge in [0, 0.05) is 18.0 Å². The zero-order chi connectivity index (χ0) is 15.5. The van der Waals surface area contributed by atoms with Crippen LogP contribution in [0.25, 0.3) is 10.4 Å². The molecule has 1 atom stereocenters. The fourth-order valence-electron chi connectivity index (χ4n) is 3.06. The maximum absolute atomic E-state index is 11.9. The second kappa shape index (κ2) is 5.76. The fraction of sp³-hybridized carbons (Fsp3) is 0.533. The SMILES string of the molecule is CC1(C)CCC(NCCN=[N+]=[N-])(C(=O)O)c2ccccc21. The Hall–Kier alpha value is -2.04. The van der Waals surface area contributed by atoms with Crippen molar-refractivity contribution in [3.8, 4) is 0 Å². The van der Waals surface area contributed by atoms with Crippen LogP contribution in [0.5, 0.6) is 0 Å². The summed E-state index contributed by atoms with van der Waals surface area (Å²) in [6.07, 6.45) is 1.30. The lowest BCUT2D eigenvalue weighted by Gasteiger charge is -2.43. The molecule has 0 spiro atoms. The van der Waals surface area contributed by atoms with E-state index in [0.29, 0.717) is 13.0 Å². The highest BCUT2D eigenvalue weighted by atomic mass is 16.4. The van der Waals surface area contributed by atoms with Gasteiger partial charge >= 0.3 is 5.97 Å². The number of azide groups is 1. The molecule has 0 aromatic heterocycles. The normalized spacial score (nSPS) is 23.0. The summed E-state index contributed by atoms with van der Waals surface area (Å²) in [5, 5.41) is 16.4. The van der Waals surface area contributed by atoms with Crippen LogP contribution in [0.4, 0.5) is 0 Å². The van der Waals surface area contributed by atoms with Gasteiger partial charge in [0.25, 0.3) is 0 Å². The first-order valence-electron chi connectivity index (χ1n) is 7.03. The summed E-state index contributed by atoms with van der Waals surface area (Å²) in [6, 6.07) is 7.69. The van der Waals surface area contributed by atoms with Crippen molar-refractivity contribution < 1.29 is 9.90 Å². The zero-order valence-electron chi connectivity index (χ0n) is 12.3. The third kappa shape index (κ3) is 2.73. The number of fused-ring (bicyclic) bond motifs is 1. The monoisotopic (exact) mass is 288 g/mol. The number of carboxylic acid groups (broad SMARTS) is 1. The molecule has 0 saturated heterocycles. The number of carboxylic acids is 1. The van der Waals surface area contributed by atoms with Crippen molar-refractivity contribution in [2.24, 2.45) is 5.11 Å². The molecule has 0 amide bonds. The molecule has 1 unspecified atom stereocenters. The number of nitrogens with one attached hydrogen (secondary N) is 1. The summed E-state index contributed by atoms with van der Waals surface area (Å²) in [4.78, 5) is 14.6. The van der Waals surface area contributed by atoms with Crippen LogP contribution in [0.2, 0.25) is 0 Å². The van der Waals surface area contributed by atoms with Gasteiger partial charge in [-0.1, -0.05) is 43.2 Å². The Bertz CT molecular complexity index is 593. The summed E-state index contributed by atoms with van der Waals surface area (Å²) in [7, 11) is 0. The van der Waals surface area contributed by atoms with Gasteiger partial charge in [-0.05, 0) is 34.9 Å². The molecule has 1 aromatic rings. The number of rotatable bonds is 5. The lowest BCUT2D eigenvalue weighted by atomic mass is 9.65. The Morgan fingerprint density at radius 3 is 2.67 bits per heavy atom. The number of aliphatic carboxylic acids is 1. The highest BCUT2D eigenvalue weighted by Gasteiger charge is 2.47. The van der Waals surface area contributed by atoms with Crippen LogP contribution in [0, 0.1) is 0 Å². The van der Waals surface area contributed by atoms with Crippen molar-refractivity contribution in [1.82, 2.24) is 5.32 Å². The molecule has 0 radical (unpaired) electrons. The predicted octanol–water partition coefficient (Wildman–Crippen LogP) is 2.94. The van der Waals surface area contributed by atoms with Crippen molar-refractivity contribution in [1.29, 1.82) is 0 Å². The quantitative estimate of drug-likeness (QED) is 0.377. The van der Waals surface area contributed by atoms with E-state index < -0.39 is 11.5 Å².